The van der Waals surface area contributed by atoms with Crippen molar-refractivity contribution in [1.29, 1.82) is 0 Å². The lowest BCUT2D eigenvalue weighted by atomic mass is 10.1. The number of nitrogens with zero attached hydrogens (tertiary/aromatic N) is 2. The summed E-state index contributed by atoms with van der Waals surface area (Å²) in [4.78, 5) is 98.6. The van der Waals surface area contributed by atoms with E-state index in [1.165, 1.54) is 0 Å². The van der Waals surface area contributed by atoms with Gasteiger partial charge in [0.2, 0.25) is 0 Å². The van der Waals surface area contributed by atoms with Gasteiger partial charge in [0.15, 0.2) is 0 Å². The highest BCUT2D eigenvalue weighted by Gasteiger charge is 2.24. The van der Waals surface area contributed by atoms with Gasteiger partial charge in [-0.15, -0.1) is 9.46 Å². The van der Waals surface area contributed by atoms with Gasteiger partial charge in [-0.1, -0.05) is 26.7 Å². The minimum absolute atomic E-state index is 0.0343. The molecule has 0 aromatic carbocycles. The minimum Gasteiger partial charge on any atom is -0.477 e. The summed E-state index contributed by atoms with van der Waals surface area (Å²) in [5.74, 6) is -4.59. The highest BCUT2D eigenvalue weighted by Crippen LogP contribution is 2.08. The van der Waals surface area contributed by atoms with Crippen LogP contribution in [0.4, 0.5) is 4.79 Å². The molecular formula is C33H47N5O12. The van der Waals surface area contributed by atoms with E-state index >= 15 is 0 Å². The van der Waals surface area contributed by atoms with Crippen molar-refractivity contribution in [2.45, 2.75) is 91.2 Å². The normalized spacial score (nSPS) is 11.6. The van der Waals surface area contributed by atoms with Crippen LogP contribution in [0.15, 0.2) is 33.9 Å². The summed E-state index contributed by atoms with van der Waals surface area (Å²) in [7, 11) is 0. The first-order valence-electron chi connectivity index (χ1n) is 16.4. The second-order valence-electron chi connectivity index (χ2n) is 12.3. The number of ether oxygens (including phenoxy) is 1. The van der Waals surface area contributed by atoms with Crippen molar-refractivity contribution in [3.63, 3.8) is 0 Å². The number of carboxylic acid groups (broad SMARTS) is 2. The zero-order chi connectivity index (χ0) is 37.4. The van der Waals surface area contributed by atoms with E-state index in [-0.39, 0.29) is 44.1 Å². The number of carbonyl (C=O) groups excluding carboxylic acids is 3. The monoisotopic (exact) mass is 705 g/mol. The molecule has 2 rings (SSSR count). The van der Waals surface area contributed by atoms with Crippen LogP contribution in [0, 0.1) is 0 Å². The van der Waals surface area contributed by atoms with Gasteiger partial charge in [-0.2, -0.15) is 0 Å². The maximum atomic E-state index is 13.5. The first kappa shape index (κ1) is 40.8. The maximum Gasteiger partial charge on any atom is 0.407 e. The molecule has 3 amide bonds. The summed E-state index contributed by atoms with van der Waals surface area (Å²) in [6, 6.07) is 3.48. The third kappa shape index (κ3) is 12.6. The summed E-state index contributed by atoms with van der Waals surface area (Å²) in [5.41, 5.74) is -4.49. The molecule has 0 aliphatic heterocycles. The summed E-state index contributed by atoms with van der Waals surface area (Å²) < 4.78 is 6.48. The van der Waals surface area contributed by atoms with Gasteiger partial charge in [0, 0.05) is 19.1 Å². The second kappa shape index (κ2) is 19.6. The molecule has 0 radical (unpaired) electrons. The molecule has 0 aliphatic rings. The molecule has 0 saturated heterocycles. The average Bonchev–Trinajstić information content (AvgIpc) is 3.03. The molecular weight excluding hydrogens is 658 g/mol. The number of pyridine rings is 2. The predicted molar refractivity (Wildman–Crippen MR) is 180 cm³/mol. The number of carbonyl (C=O) groups is 5. The van der Waals surface area contributed by atoms with Crippen molar-refractivity contribution >= 4 is 29.8 Å². The van der Waals surface area contributed by atoms with Crippen LogP contribution in [0.1, 0.15) is 121 Å². The lowest BCUT2D eigenvalue weighted by Gasteiger charge is -2.22. The second-order valence-corrected chi connectivity index (χ2v) is 12.3. The number of nitrogens with one attached hydrogen (secondary N) is 3. The van der Waals surface area contributed by atoms with Gasteiger partial charge in [-0.25, -0.2) is 14.4 Å². The number of unbranched alkanes of at least 4 members (excludes halogenated alkanes) is 3. The van der Waals surface area contributed by atoms with E-state index < -0.39 is 63.7 Å². The zero-order valence-electron chi connectivity index (χ0n) is 29.0. The third-order valence-corrected chi connectivity index (χ3v) is 6.94. The van der Waals surface area contributed by atoms with E-state index in [0.717, 1.165) is 24.3 Å². The fourth-order valence-corrected chi connectivity index (χ4v) is 4.37. The van der Waals surface area contributed by atoms with E-state index in [1.807, 2.05) is 13.8 Å². The Kier molecular flexibility index (Phi) is 16.0. The molecule has 50 heavy (non-hydrogen) atoms. The quantitative estimate of drug-likeness (QED) is 0.125. The number of aromatic nitrogens is 2. The molecule has 0 unspecified atom stereocenters. The van der Waals surface area contributed by atoms with Gasteiger partial charge in [0.05, 0.1) is 0 Å². The Morgan fingerprint density at radius 3 is 1.70 bits per heavy atom. The Morgan fingerprint density at radius 1 is 0.740 bits per heavy atom. The summed E-state index contributed by atoms with van der Waals surface area (Å²) in [6.07, 6.45) is 3.02. The van der Waals surface area contributed by atoms with E-state index in [9.17, 15) is 43.8 Å². The van der Waals surface area contributed by atoms with E-state index in [2.05, 4.69) is 16.0 Å². The van der Waals surface area contributed by atoms with Crippen LogP contribution >= 0.6 is 0 Å². The Hall–Kier alpha value is -5.35. The molecule has 2 aromatic rings. The average molecular weight is 706 g/mol. The number of amides is 3. The van der Waals surface area contributed by atoms with E-state index in [4.69, 9.17) is 14.4 Å². The van der Waals surface area contributed by atoms with E-state index in [1.54, 1.807) is 20.8 Å². The third-order valence-electron chi connectivity index (χ3n) is 6.94. The van der Waals surface area contributed by atoms with Crippen LogP contribution in [-0.4, -0.2) is 87.5 Å². The lowest BCUT2D eigenvalue weighted by Crippen LogP contribution is -2.47. The van der Waals surface area contributed by atoms with Crippen molar-refractivity contribution in [3.8, 4) is 0 Å². The Labute approximate surface area is 288 Å². The van der Waals surface area contributed by atoms with E-state index in [0.29, 0.717) is 48.0 Å². The molecule has 2 aromatic heterocycles. The lowest BCUT2D eigenvalue weighted by molar-refractivity contribution is 0.0525. The fourth-order valence-electron chi connectivity index (χ4n) is 4.37. The summed E-state index contributed by atoms with van der Waals surface area (Å²) in [6.45, 7) is 9.09. The molecule has 5 N–H and O–H groups in total. The standard InChI is InChI=1S/C33H47N5O12/c1-6-8-18-48-37-24(15-13-22(28(37)41)30(43)44)26(39)35-20-21(12-10-11-17-34-32(47)50-33(3,4)5)36-27(40)25-16-14-23(31(45)46)29(42)38(25)49-19-9-7-2/h13-16,21H,6-12,17-20H2,1-5H3,(H,34,47)(H,35,39)(H,36,40)(H,43,44)(H,45,46)/t21-/m0/s1. The molecule has 2 heterocycles. The number of aromatic carboxylic acids is 2. The van der Waals surface area contributed by atoms with Crippen molar-refractivity contribution in [1.82, 2.24) is 25.4 Å². The van der Waals surface area contributed by atoms with Crippen molar-refractivity contribution < 1.29 is 48.6 Å². The topological polar surface area (TPSA) is 234 Å². The fraction of sp³-hybridized carbons (Fsp3) is 0.545. The Bertz CT molecular complexity index is 1630. The highest BCUT2D eigenvalue weighted by molar-refractivity contribution is 5.95. The van der Waals surface area contributed by atoms with Crippen LogP contribution in [0.5, 0.6) is 0 Å². The molecule has 17 heteroatoms. The van der Waals surface area contributed by atoms with Gasteiger partial charge < -0.3 is 40.6 Å². The highest BCUT2D eigenvalue weighted by atomic mass is 16.7. The molecule has 0 aliphatic carbocycles. The number of hydrogen-bond donors (Lipinski definition) is 5. The number of alkyl carbamates (subject to hydrolysis) is 1. The number of hydrogen-bond acceptors (Lipinski definition) is 10. The first-order chi connectivity index (χ1) is 23.6. The largest absolute Gasteiger partial charge is 0.477 e. The molecule has 1 atom stereocenters. The van der Waals surface area contributed by atoms with Crippen molar-refractivity contribution in [2.75, 3.05) is 26.3 Å². The molecule has 0 fully saturated rings. The Balaban J connectivity index is 2.32. The zero-order valence-corrected chi connectivity index (χ0v) is 29.0. The van der Waals surface area contributed by atoms with Gasteiger partial charge in [-0.05, 0) is 77.1 Å². The van der Waals surface area contributed by atoms with Crippen LogP contribution in [0.3, 0.4) is 0 Å². The van der Waals surface area contributed by atoms with Gasteiger partial charge in [0.1, 0.15) is 41.3 Å². The van der Waals surface area contributed by atoms with Gasteiger partial charge in [0.25, 0.3) is 22.9 Å². The minimum atomic E-state index is -1.50. The van der Waals surface area contributed by atoms with Crippen LogP contribution in [-0.2, 0) is 4.74 Å². The van der Waals surface area contributed by atoms with Gasteiger partial charge >= 0.3 is 18.0 Å². The maximum absolute atomic E-state index is 13.5. The van der Waals surface area contributed by atoms with Gasteiger partial charge in [-0.3, -0.25) is 19.2 Å². The van der Waals surface area contributed by atoms with Crippen molar-refractivity contribution in [2.24, 2.45) is 0 Å². The molecule has 17 nitrogen and oxygen atoms in total. The van der Waals surface area contributed by atoms with Crippen molar-refractivity contribution in [3.05, 3.63) is 67.5 Å². The number of rotatable bonds is 20. The smallest absolute Gasteiger partial charge is 0.407 e. The molecule has 0 spiro atoms. The van der Waals surface area contributed by atoms with Crippen LogP contribution in [0.25, 0.3) is 0 Å². The summed E-state index contributed by atoms with van der Waals surface area (Å²) >= 11 is 0. The predicted octanol–water partition coefficient (Wildman–Crippen LogP) is 2.09. The number of carboxylic acids is 2. The summed E-state index contributed by atoms with van der Waals surface area (Å²) in [5, 5.41) is 26.8. The van der Waals surface area contributed by atoms with Crippen LogP contribution in [0.2, 0.25) is 0 Å². The molecule has 0 saturated carbocycles. The van der Waals surface area contributed by atoms with Crippen LogP contribution < -0.4 is 36.7 Å². The molecule has 0 bridgehead atoms. The molecule has 276 valence electrons. The first-order valence-corrected chi connectivity index (χ1v) is 16.4. The SMILES string of the molecule is CCCCOn1c(C(=O)NC[C@H](CCCCNC(=O)OC(C)(C)C)NC(=O)c2ccc(C(=O)O)c(=O)n2OCCCC)ccc(C(=O)O)c1=O. The Morgan fingerprint density at radius 2 is 1.24 bits per heavy atom.